The number of phenolic OH excluding ortho intramolecular Hbond substituents is 1. The van der Waals surface area contributed by atoms with E-state index in [1.54, 1.807) is 6.20 Å². The van der Waals surface area contributed by atoms with Gasteiger partial charge in [0.2, 0.25) is 0 Å². The summed E-state index contributed by atoms with van der Waals surface area (Å²) in [4.78, 5) is 15.5. The minimum atomic E-state index is -0.839. The van der Waals surface area contributed by atoms with E-state index < -0.39 is 11.6 Å². The third-order valence-corrected chi connectivity index (χ3v) is 5.21. The van der Waals surface area contributed by atoms with Gasteiger partial charge in [-0.15, -0.1) is 0 Å². The number of ether oxygens (including phenoxy) is 1. The van der Waals surface area contributed by atoms with Crippen molar-refractivity contribution in [2.45, 2.75) is 25.3 Å². The first-order valence-corrected chi connectivity index (χ1v) is 8.97. The number of fused-ring (bicyclic) bond motifs is 3. The SMILES string of the molecule is O=Cc1ccc(-c2cn3c(n2)-c2ccc(C4CC4)cc2OCC3)c(F)c1O. The molecule has 1 saturated carbocycles. The zero-order chi connectivity index (χ0) is 18.5. The van der Waals surface area contributed by atoms with Gasteiger partial charge in [0.05, 0.1) is 23.4 Å². The van der Waals surface area contributed by atoms with Gasteiger partial charge in [0.25, 0.3) is 0 Å². The Morgan fingerprint density at radius 3 is 2.81 bits per heavy atom. The van der Waals surface area contributed by atoms with Crippen LogP contribution in [0.4, 0.5) is 4.39 Å². The minimum absolute atomic E-state index is 0.0802. The zero-order valence-electron chi connectivity index (χ0n) is 14.5. The fourth-order valence-corrected chi connectivity index (χ4v) is 3.57. The molecule has 5 nitrogen and oxygen atoms in total. The molecule has 3 aromatic rings. The van der Waals surface area contributed by atoms with Crippen LogP contribution in [-0.2, 0) is 6.54 Å². The maximum atomic E-state index is 14.5. The molecule has 0 atom stereocenters. The lowest BCUT2D eigenvalue weighted by Crippen LogP contribution is -2.04. The summed E-state index contributed by atoms with van der Waals surface area (Å²) in [7, 11) is 0. The van der Waals surface area contributed by atoms with E-state index in [1.165, 1.54) is 30.5 Å². The summed E-state index contributed by atoms with van der Waals surface area (Å²) in [6.45, 7) is 1.09. The summed E-state index contributed by atoms with van der Waals surface area (Å²) >= 11 is 0. The first-order chi connectivity index (χ1) is 13.2. The van der Waals surface area contributed by atoms with Crippen LogP contribution in [0, 0.1) is 5.82 Å². The number of imidazole rings is 1. The van der Waals surface area contributed by atoms with Crippen LogP contribution in [0.2, 0.25) is 0 Å². The number of aromatic nitrogens is 2. The molecule has 1 aliphatic carbocycles. The summed E-state index contributed by atoms with van der Waals surface area (Å²) in [6.07, 6.45) is 4.62. The van der Waals surface area contributed by atoms with E-state index in [2.05, 4.69) is 17.1 Å². The maximum Gasteiger partial charge on any atom is 0.174 e. The van der Waals surface area contributed by atoms with Crippen LogP contribution < -0.4 is 4.74 Å². The zero-order valence-corrected chi connectivity index (χ0v) is 14.5. The minimum Gasteiger partial charge on any atom is -0.504 e. The third kappa shape index (κ3) is 2.60. The van der Waals surface area contributed by atoms with Crippen LogP contribution in [0.25, 0.3) is 22.6 Å². The molecule has 0 saturated heterocycles. The van der Waals surface area contributed by atoms with Crippen molar-refractivity contribution < 1.29 is 19.0 Å². The van der Waals surface area contributed by atoms with E-state index in [0.717, 1.165) is 11.3 Å². The van der Waals surface area contributed by atoms with Gasteiger partial charge >= 0.3 is 0 Å². The Hall–Kier alpha value is -3.15. The van der Waals surface area contributed by atoms with Gasteiger partial charge in [-0.2, -0.15) is 0 Å². The lowest BCUT2D eigenvalue weighted by Gasteiger charge is -2.08. The number of nitrogens with zero attached hydrogens (tertiary/aromatic N) is 2. The highest BCUT2D eigenvalue weighted by Crippen LogP contribution is 2.44. The summed E-state index contributed by atoms with van der Waals surface area (Å²) < 4.78 is 22.4. The monoisotopic (exact) mass is 364 g/mol. The second-order valence-electron chi connectivity index (χ2n) is 7.00. The van der Waals surface area contributed by atoms with E-state index >= 15 is 0 Å². The molecule has 0 unspecified atom stereocenters. The maximum absolute atomic E-state index is 14.5. The van der Waals surface area contributed by atoms with Gasteiger partial charge in [0.1, 0.15) is 18.2 Å². The standard InChI is InChI=1S/C21H17FN2O3/c22-19-15(5-4-14(11-25)20(19)26)17-10-24-7-8-27-18-9-13(12-1-2-12)3-6-16(18)21(24)23-17/h3-6,9-12,26H,1-2,7-8H2. The number of phenols is 1. The second kappa shape index (κ2) is 5.94. The van der Waals surface area contributed by atoms with Crippen LogP contribution >= 0.6 is 0 Å². The Bertz CT molecular complexity index is 1070. The average Bonchev–Trinajstić information content (AvgIpc) is 3.47. The highest BCUT2D eigenvalue weighted by molar-refractivity contribution is 5.82. The van der Waals surface area contributed by atoms with Crippen LogP contribution in [0.15, 0.2) is 36.5 Å². The second-order valence-corrected chi connectivity index (χ2v) is 7.00. The molecule has 0 bridgehead atoms. The summed E-state index contributed by atoms with van der Waals surface area (Å²) in [5, 5.41) is 9.87. The molecule has 0 radical (unpaired) electrons. The van der Waals surface area contributed by atoms with Crippen LogP contribution in [0.5, 0.6) is 11.5 Å². The average molecular weight is 364 g/mol. The Morgan fingerprint density at radius 2 is 2.04 bits per heavy atom. The van der Waals surface area contributed by atoms with Gasteiger partial charge in [-0.1, -0.05) is 6.07 Å². The van der Waals surface area contributed by atoms with Crippen molar-refractivity contribution in [1.82, 2.24) is 9.55 Å². The van der Waals surface area contributed by atoms with E-state index in [4.69, 9.17) is 4.74 Å². The third-order valence-electron chi connectivity index (χ3n) is 5.21. The van der Waals surface area contributed by atoms with Crippen molar-refractivity contribution in [1.29, 1.82) is 0 Å². The molecule has 2 aliphatic rings. The smallest absolute Gasteiger partial charge is 0.174 e. The number of rotatable bonds is 3. The lowest BCUT2D eigenvalue weighted by atomic mass is 10.1. The quantitative estimate of drug-likeness (QED) is 0.710. The van der Waals surface area contributed by atoms with Gasteiger partial charge in [-0.05, 0) is 48.6 Å². The van der Waals surface area contributed by atoms with Crippen LogP contribution in [0.3, 0.4) is 0 Å². The fraction of sp³-hybridized carbons (Fsp3) is 0.238. The summed E-state index contributed by atoms with van der Waals surface area (Å²) in [5.41, 5.74) is 2.65. The molecule has 2 aromatic carbocycles. The molecule has 1 aliphatic heterocycles. The first-order valence-electron chi connectivity index (χ1n) is 8.97. The predicted octanol–water partition coefficient (Wildman–Crippen LogP) is 4.14. The van der Waals surface area contributed by atoms with E-state index in [9.17, 15) is 14.3 Å². The van der Waals surface area contributed by atoms with Gasteiger partial charge in [0, 0.05) is 11.8 Å². The number of halogens is 1. The van der Waals surface area contributed by atoms with Crippen molar-refractivity contribution >= 4 is 6.29 Å². The van der Waals surface area contributed by atoms with Gasteiger partial charge in [-0.25, -0.2) is 9.37 Å². The molecule has 5 rings (SSSR count). The molecule has 136 valence electrons. The molecular formula is C21H17FN2O3. The van der Waals surface area contributed by atoms with Crippen molar-refractivity contribution in [3.8, 4) is 34.1 Å². The lowest BCUT2D eigenvalue weighted by molar-refractivity contribution is 0.112. The van der Waals surface area contributed by atoms with Gasteiger partial charge < -0.3 is 14.4 Å². The van der Waals surface area contributed by atoms with Crippen molar-refractivity contribution in [2.75, 3.05) is 6.61 Å². The molecule has 0 spiro atoms. The van der Waals surface area contributed by atoms with Crippen molar-refractivity contribution in [3.63, 3.8) is 0 Å². The number of hydrogen-bond acceptors (Lipinski definition) is 4. The van der Waals surface area contributed by atoms with Gasteiger partial charge in [0.15, 0.2) is 17.9 Å². The molecule has 27 heavy (non-hydrogen) atoms. The number of aromatic hydroxyl groups is 1. The molecule has 1 fully saturated rings. The molecule has 0 amide bonds. The number of carbonyl (C=O) groups excluding carboxylic acids is 1. The molecule has 2 heterocycles. The largest absolute Gasteiger partial charge is 0.504 e. The van der Waals surface area contributed by atoms with Gasteiger partial charge in [-0.3, -0.25) is 4.79 Å². The Balaban J connectivity index is 1.61. The van der Waals surface area contributed by atoms with Crippen LogP contribution in [-0.4, -0.2) is 27.6 Å². The van der Waals surface area contributed by atoms with Crippen molar-refractivity contribution in [3.05, 3.63) is 53.5 Å². The number of carbonyl (C=O) groups is 1. The molecular weight excluding hydrogens is 347 g/mol. The Morgan fingerprint density at radius 1 is 1.22 bits per heavy atom. The Kier molecular flexibility index (Phi) is 3.53. The highest BCUT2D eigenvalue weighted by atomic mass is 19.1. The molecule has 1 N–H and O–H groups in total. The van der Waals surface area contributed by atoms with E-state index in [-0.39, 0.29) is 11.1 Å². The van der Waals surface area contributed by atoms with Crippen LogP contribution in [0.1, 0.15) is 34.7 Å². The Labute approximate surface area is 155 Å². The topological polar surface area (TPSA) is 64.4 Å². The van der Waals surface area contributed by atoms with Crippen molar-refractivity contribution in [2.24, 2.45) is 0 Å². The molecule has 6 heteroatoms. The fourth-order valence-electron chi connectivity index (χ4n) is 3.57. The highest BCUT2D eigenvalue weighted by Gasteiger charge is 2.26. The summed E-state index contributed by atoms with van der Waals surface area (Å²) in [5.74, 6) is 0.649. The normalized spacial score (nSPS) is 15.4. The van der Waals surface area contributed by atoms with E-state index in [1.807, 2.05) is 10.6 Å². The van der Waals surface area contributed by atoms with E-state index in [0.29, 0.717) is 36.9 Å². The predicted molar refractivity (Wildman–Crippen MR) is 97.6 cm³/mol. The number of benzene rings is 2. The number of aldehydes is 1. The first kappa shape index (κ1) is 16.1. The summed E-state index contributed by atoms with van der Waals surface area (Å²) in [6, 6.07) is 9.07. The number of hydrogen-bond donors (Lipinski definition) is 1. The molecule has 1 aromatic heterocycles.